The van der Waals surface area contributed by atoms with Crippen molar-refractivity contribution in [1.82, 2.24) is 4.90 Å². The van der Waals surface area contributed by atoms with Gasteiger partial charge in [0.25, 0.3) is 0 Å². The molecule has 3 rings (SSSR count). The average Bonchev–Trinajstić information content (AvgIpc) is 2.70. The highest BCUT2D eigenvalue weighted by Gasteiger charge is 2.58. The number of benzene rings is 1. The number of rotatable bonds is 3. The third-order valence-corrected chi connectivity index (χ3v) is 6.03. The van der Waals surface area contributed by atoms with E-state index in [-0.39, 0.29) is 16.9 Å². The van der Waals surface area contributed by atoms with Crippen LogP contribution in [0.1, 0.15) is 51.5 Å². The first-order chi connectivity index (χ1) is 10.4. The minimum atomic E-state index is -0.0711. The summed E-state index contributed by atoms with van der Waals surface area (Å²) in [7, 11) is 4.05. The molecule has 1 aromatic rings. The van der Waals surface area contributed by atoms with Crippen LogP contribution in [0, 0.1) is 0 Å². The number of hydrogen-bond donors (Lipinski definition) is 0. The third kappa shape index (κ3) is 2.10. The Balaban J connectivity index is 2.03. The number of carbonyl (C=O) groups excluding carboxylic acids is 1. The lowest BCUT2D eigenvalue weighted by Crippen LogP contribution is -2.58. The molecule has 0 aromatic heterocycles. The van der Waals surface area contributed by atoms with Crippen molar-refractivity contribution in [3.63, 3.8) is 0 Å². The van der Waals surface area contributed by atoms with Crippen LogP contribution in [0.15, 0.2) is 24.3 Å². The molecule has 2 aliphatic rings. The number of hydrogen-bond acceptors (Lipinski definition) is 2. The molecule has 0 bridgehead atoms. The summed E-state index contributed by atoms with van der Waals surface area (Å²) < 4.78 is 0. The summed E-state index contributed by atoms with van der Waals surface area (Å²) in [4.78, 5) is 17.2. The fourth-order valence-electron chi connectivity index (χ4n) is 4.52. The Hall–Kier alpha value is -1.35. The van der Waals surface area contributed by atoms with Crippen molar-refractivity contribution in [3.8, 4) is 0 Å². The SMILES string of the molecule is CN(C)CCC(=O)N1c2ccccc2C2(C)CCCCC12C. The van der Waals surface area contributed by atoms with E-state index in [9.17, 15) is 4.79 Å². The number of para-hydroxylation sites is 1. The standard InChI is InChI=1S/C19H28N2O/c1-18-12-7-8-13-19(18,2)21(17(22)11-14-20(3)4)16-10-6-5-9-15(16)18/h5-6,9-10H,7-8,11-14H2,1-4H3. The van der Waals surface area contributed by atoms with Gasteiger partial charge in [0.2, 0.25) is 5.91 Å². The Kier molecular flexibility index (Phi) is 3.80. The number of carbonyl (C=O) groups is 1. The summed E-state index contributed by atoms with van der Waals surface area (Å²) in [5.74, 6) is 0.272. The topological polar surface area (TPSA) is 23.6 Å². The summed E-state index contributed by atoms with van der Waals surface area (Å²) in [6, 6.07) is 8.55. The van der Waals surface area contributed by atoms with Gasteiger partial charge in [0.15, 0.2) is 0 Å². The molecular weight excluding hydrogens is 272 g/mol. The Morgan fingerprint density at radius 1 is 1.18 bits per heavy atom. The van der Waals surface area contributed by atoms with E-state index in [1.807, 2.05) is 14.1 Å². The fourth-order valence-corrected chi connectivity index (χ4v) is 4.52. The zero-order chi connectivity index (χ0) is 16.0. The van der Waals surface area contributed by atoms with Crippen LogP contribution in [-0.4, -0.2) is 37.0 Å². The zero-order valence-corrected chi connectivity index (χ0v) is 14.4. The molecule has 22 heavy (non-hydrogen) atoms. The molecule has 2 unspecified atom stereocenters. The molecule has 3 heteroatoms. The number of fused-ring (bicyclic) bond motifs is 3. The lowest BCUT2D eigenvalue weighted by Gasteiger charge is -2.49. The van der Waals surface area contributed by atoms with Crippen molar-refractivity contribution in [2.24, 2.45) is 0 Å². The summed E-state index contributed by atoms with van der Waals surface area (Å²) >= 11 is 0. The Morgan fingerprint density at radius 3 is 2.59 bits per heavy atom. The van der Waals surface area contributed by atoms with Gasteiger partial charge in [-0.05, 0) is 45.5 Å². The molecule has 0 N–H and O–H groups in total. The Labute approximate surface area is 134 Å². The van der Waals surface area contributed by atoms with E-state index in [1.165, 1.54) is 24.8 Å². The predicted octanol–water partition coefficient (Wildman–Crippen LogP) is 3.58. The third-order valence-electron chi connectivity index (χ3n) is 6.03. The Morgan fingerprint density at radius 2 is 1.86 bits per heavy atom. The van der Waals surface area contributed by atoms with Gasteiger partial charge in [-0.2, -0.15) is 0 Å². The van der Waals surface area contributed by atoms with Crippen molar-refractivity contribution >= 4 is 11.6 Å². The van der Waals surface area contributed by atoms with Gasteiger partial charge in [-0.3, -0.25) is 4.79 Å². The van der Waals surface area contributed by atoms with Crippen LogP contribution < -0.4 is 4.90 Å². The summed E-state index contributed by atoms with van der Waals surface area (Å²) in [6.07, 6.45) is 5.36. The molecular formula is C19H28N2O. The minimum Gasteiger partial charge on any atom is -0.309 e. The van der Waals surface area contributed by atoms with E-state index in [0.29, 0.717) is 6.42 Å². The van der Waals surface area contributed by atoms with Gasteiger partial charge < -0.3 is 9.80 Å². The number of amides is 1. The van der Waals surface area contributed by atoms with Crippen LogP contribution in [0.4, 0.5) is 5.69 Å². The monoisotopic (exact) mass is 300 g/mol. The van der Waals surface area contributed by atoms with Crippen molar-refractivity contribution in [1.29, 1.82) is 0 Å². The van der Waals surface area contributed by atoms with Gasteiger partial charge in [-0.15, -0.1) is 0 Å². The highest BCUT2D eigenvalue weighted by Crippen LogP contribution is 2.58. The van der Waals surface area contributed by atoms with E-state index < -0.39 is 0 Å². The molecule has 1 aliphatic heterocycles. The second-order valence-electron chi connectivity index (χ2n) is 7.61. The molecule has 1 fully saturated rings. The van der Waals surface area contributed by atoms with Crippen molar-refractivity contribution in [2.75, 3.05) is 25.5 Å². The average molecular weight is 300 g/mol. The maximum Gasteiger partial charge on any atom is 0.228 e. The maximum absolute atomic E-state index is 13.0. The predicted molar refractivity (Wildman–Crippen MR) is 91.3 cm³/mol. The van der Waals surface area contributed by atoms with Crippen LogP contribution in [-0.2, 0) is 10.2 Å². The van der Waals surface area contributed by atoms with Gasteiger partial charge in [-0.25, -0.2) is 0 Å². The van der Waals surface area contributed by atoms with Gasteiger partial charge >= 0.3 is 0 Å². The van der Waals surface area contributed by atoms with Crippen LogP contribution in [0.25, 0.3) is 0 Å². The molecule has 0 saturated heterocycles. The van der Waals surface area contributed by atoms with Gasteiger partial charge in [0.1, 0.15) is 0 Å². The highest BCUT2D eigenvalue weighted by atomic mass is 16.2. The molecule has 1 saturated carbocycles. The molecule has 1 aliphatic carbocycles. The molecule has 2 atom stereocenters. The van der Waals surface area contributed by atoms with Crippen LogP contribution in [0.5, 0.6) is 0 Å². The highest BCUT2D eigenvalue weighted by molar-refractivity contribution is 5.98. The molecule has 3 nitrogen and oxygen atoms in total. The summed E-state index contributed by atoms with van der Waals surface area (Å²) in [5, 5.41) is 0. The van der Waals surface area contributed by atoms with Crippen LogP contribution in [0.3, 0.4) is 0 Å². The summed E-state index contributed by atoms with van der Waals surface area (Å²) in [5.41, 5.74) is 2.54. The van der Waals surface area contributed by atoms with Crippen molar-refractivity contribution < 1.29 is 4.79 Å². The quantitative estimate of drug-likeness (QED) is 0.852. The van der Waals surface area contributed by atoms with Crippen molar-refractivity contribution in [3.05, 3.63) is 29.8 Å². The van der Waals surface area contributed by atoms with E-state index in [4.69, 9.17) is 0 Å². The van der Waals surface area contributed by atoms with E-state index in [2.05, 4.69) is 47.9 Å². The van der Waals surface area contributed by atoms with Gasteiger partial charge in [0, 0.05) is 24.1 Å². The lowest BCUT2D eigenvalue weighted by molar-refractivity contribution is -0.120. The van der Waals surface area contributed by atoms with Crippen molar-refractivity contribution in [2.45, 2.75) is 56.9 Å². The molecule has 0 radical (unpaired) electrons. The molecule has 1 heterocycles. The van der Waals surface area contributed by atoms with E-state index >= 15 is 0 Å². The Bertz CT molecular complexity index is 583. The van der Waals surface area contributed by atoms with Crippen LogP contribution >= 0.6 is 0 Å². The first-order valence-electron chi connectivity index (χ1n) is 8.47. The largest absolute Gasteiger partial charge is 0.309 e. The number of nitrogens with zero attached hydrogens (tertiary/aromatic N) is 2. The summed E-state index contributed by atoms with van der Waals surface area (Å²) in [6.45, 7) is 5.48. The van der Waals surface area contributed by atoms with Gasteiger partial charge in [-0.1, -0.05) is 38.0 Å². The normalized spacial score (nSPS) is 30.3. The molecule has 0 spiro atoms. The molecule has 1 aromatic carbocycles. The maximum atomic E-state index is 13.0. The smallest absolute Gasteiger partial charge is 0.228 e. The van der Waals surface area contributed by atoms with Gasteiger partial charge in [0.05, 0.1) is 5.54 Å². The second kappa shape index (κ2) is 5.38. The molecule has 120 valence electrons. The number of anilines is 1. The first-order valence-corrected chi connectivity index (χ1v) is 8.47. The van der Waals surface area contributed by atoms with Crippen LogP contribution in [0.2, 0.25) is 0 Å². The second-order valence-corrected chi connectivity index (χ2v) is 7.61. The minimum absolute atomic E-state index is 0.0711. The van der Waals surface area contributed by atoms with E-state index in [0.717, 1.165) is 18.7 Å². The molecule has 1 amide bonds. The van der Waals surface area contributed by atoms with E-state index in [1.54, 1.807) is 0 Å². The zero-order valence-electron chi connectivity index (χ0n) is 14.4. The lowest BCUT2D eigenvalue weighted by atomic mass is 9.61. The fraction of sp³-hybridized carbons (Fsp3) is 0.632. The first kappa shape index (κ1) is 15.5.